The molecule has 0 bridgehead atoms. The Hall–Kier alpha value is -1.26. The maximum atomic E-state index is 12.2. The fourth-order valence-electron chi connectivity index (χ4n) is 2.82. The van der Waals surface area contributed by atoms with Gasteiger partial charge in [-0.1, -0.05) is 13.8 Å². The van der Waals surface area contributed by atoms with Gasteiger partial charge in [0.1, 0.15) is 6.04 Å². The van der Waals surface area contributed by atoms with Gasteiger partial charge in [0.25, 0.3) is 0 Å². The first kappa shape index (κ1) is 14.2. The van der Waals surface area contributed by atoms with Crippen molar-refractivity contribution in [2.24, 2.45) is 11.3 Å². The Bertz CT molecular complexity index is 366. The number of carbonyl (C=O) groups is 2. The van der Waals surface area contributed by atoms with Crippen molar-refractivity contribution in [3.8, 4) is 0 Å². The maximum absolute atomic E-state index is 12.2. The summed E-state index contributed by atoms with van der Waals surface area (Å²) in [6.45, 7) is 5.41. The van der Waals surface area contributed by atoms with E-state index >= 15 is 0 Å². The normalized spacial score (nSPS) is 28.8. The number of carbonyl (C=O) groups excluding carboxylic acids is 1. The van der Waals surface area contributed by atoms with Crippen LogP contribution in [0.2, 0.25) is 0 Å². The van der Waals surface area contributed by atoms with Crippen molar-refractivity contribution in [1.29, 1.82) is 0 Å². The van der Waals surface area contributed by atoms with Gasteiger partial charge in [-0.25, -0.2) is 9.59 Å². The molecule has 1 aliphatic carbocycles. The van der Waals surface area contributed by atoms with E-state index in [9.17, 15) is 14.7 Å². The third-order valence-electron chi connectivity index (χ3n) is 4.73. The van der Waals surface area contributed by atoms with Gasteiger partial charge < -0.3 is 15.3 Å². The molecule has 2 amide bonds. The number of urea groups is 1. The second kappa shape index (κ2) is 5.39. The van der Waals surface area contributed by atoms with E-state index in [4.69, 9.17) is 0 Å². The van der Waals surface area contributed by atoms with Crippen LogP contribution in [-0.2, 0) is 4.79 Å². The van der Waals surface area contributed by atoms with Crippen LogP contribution in [0.1, 0.15) is 46.0 Å². The molecule has 1 aliphatic heterocycles. The summed E-state index contributed by atoms with van der Waals surface area (Å²) < 4.78 is 0. The molecular formula is C14H24N2O3. The van der Waals surface area contributed by atoms with E-state index in [1.807, 2.05) is 6.92 Å². The lowest BCUT2D eigenvalue weighted by Crippen LogP contribution is -2.53. The smallest absolute Gasteiger partial charge is 0.326 e. The van der Waals surface area contributed by atoms with Gasteiger partial charge in [-0.3, -0.25) is 0 Å². The Balaban J connectivity index is 1.91. The number of likely N-dealkylation sites (tertiary alicyclic amines) is 1. The third-order valence-corrected chi connectivity index (χ3v) is 4.73. The van der Waals surface area contributed by atoms with Crippen LogP contribution < -0.4 is 5.32 Å². The monoisotopic (exact) mass is 268 g/mol. The molecule has 5 heteroatoms. The van der Waals surface area contributed by atoms with Crippen LogP contribution >= 0.6 is 0 Å². The van der Waals surface area contributed by atoms with Crippen molar-refractivity contribution in [2.75, 3.05) is 13.1 Å². The zero-order valence-corrected chi connectivity index (χ0v) is 11.8. The van der Waals surface area contributed by atoms with Crippen molar-refractivity contribution < 1.29 is 14.7 Å². The number of aliphatic carboxylic acids is 1. The topological polar surface area (TPSA) is 69.6 Å². The third kappa shape index (κ3) is 3.19. The maximum Gasteiger partial charge on any atom is 0.326 e. The average molecular weight is 268 g/mol. The molecular weight excluding hydrogens is 244 g/mol. The summed E-state index contributed by atoms with van der Waals surface area (Å²) >= 11 is 0. The van der Waals surface area contributed by atoms with Crippen LogP contribution in [0.3, 0.4) is 0 Å². The van der Waals surface area contributed by atoms with E-state index in [-0.39, 0.29) is 11.4 Å². The van der Waals surface area contributed by atoms with E-state index in [2.05, 4.69) is 12.2 Å². The molecule has 0 aromatic carbocycles. The van der Waals surface area contributed by atoms with E-state index < -0.39 is 12.0 Å². The van der Waals surface area contributed by atoms with E-state index in [0.29, 0.717) is 25.4 Å². The molecule has 2 atom stereocenters. The Labute approximate surface area is 114 Å². The summed E-state index contributed by atoms with van der Waals surface area (Å²) in [6.07, 6.45) is 4.86. The predicted molar refractivity (Wildman–Crippen MR) is 71.9 cm³/mol. The molecule has 1 saturated carbocycles. The highest BCUT2D eigenvalue weighted by Gasteiger charge is 2.42. The van der Waals surface area contributed by atoms with Gasteiger partial charge in [-0.05, 0) is 43.4 Å². The predicted octanol–water partition coefficient (Wildman–Crippen LogP) is 2.07. The van der Waals surface area contributed by atoms with E-state index in [1.165, 1.54) is 17.7 Å². The number of carboxylic acid groups (broad SMARTS) is 1. The molecule has 5 nitrogen and oxygen atoms in total. The summed E-state index contributed by atoms with van der Waals surface area (Å²) in [4.78, 5) is 24.9. The molecule has 1 heterocycles. The molecule has 0 radical (unpaired) electrons. The molecule has 1 saturated heterocycles. The van der Waals surface area contributed by atoms with Crippen LogP contribution in [0.5, 0.6) is 0 Å². The Kier molecular flexibility index (Phi) is 4.02. The standard InChI is InChI=1S/C14H24N2O3/c1-3-14(5-6-14)9-15-13(19)16-7-4-10(2)8-11(16)12(17)18/h10-11H,3-9H2,1-2H3,(H,15,19)(H,17,18). The molecule has 108 valence electrons. The summed E-state index contributed by atoms with van der Waals surface area (Å²) in [5.41, 5.74) is 0.289. The zero-order chi connectivity index (χ0) is 14.0. The molecule has 2 aliphatic rings. The highest BCUT2D eigenvalue weighted by Crippen LogP contribution is 2.47. The van der Waals surface area contributed by atoms with Crippen LogP contribution in [0, 0.1) is 11.3 Å². The van der Waals surface area contributed by atoms with E-state index in [1.54, 1.807) is 0 Å². The number of hydrogen-bond acceptors (Lipinski definition) is 2. The first-order chi connectivity index (χ1) is 8.97. The van der Waals surface area contributed by atoms with Crippen LogP contribution in [0.15, 0.2) is 0 Å². The Morgan fingerprint density at radius 2 is 2.11 bits per heavy atom. The second-order valence-corrected chi connectivity index (χ2v) is 6.19. The minimum Gasteiger partial charge on any atom is -0.480 e. The molecule has 0 aromatic heterocycles. The van der Waals surface area contributed by atoms with Gasteiger partial charge in [0.05, 0.1) is 0 Å². The van der Waals surface area contributed by atoms with Crippen molar-refractivity contribution in [3.05, 3.63) is 0 Å². The van der Waals surface area contributed by atoms with Gasteiger partial charge in [0, 0.05) is 13.1 Å². The van der Waals surface area contributed by atoms with E-state index in [0.717, 1.165) is 12.8 Å². The minimum absolute atomic E-state index is 0.209. The number of rotatable bonds is 4. The highest BCUT2D eigenvalue weighted by atomic mass is 16.4. The molecule has 2 fully saturated rings. The lowest BCUT2D eigenvalue weighted by molar-refractivity contribution is -0.143. The molecule has 2 unspecified atom stereocenters. The van der Waals surface area contributed by atoms with Gasteiger partial charge in [-0.15, -0.1) is 0 Å². The van der Waals surface area contributed by atoms with Crippen molar-refractivity contribution in [3.63, 3.8) is 0 Å². The fraction of sp³-hybridized carbons (Fsp3) is 0.857. The minimum atomic E-state index is -0.890. The molecule has 19 heavy (non-hydrogen) atoms. The number of nitrogens with one attached hydrogen (secondary N) is 1. The number of amides is 2. The number of carboxylic acids is 1. The van der Waals surface area contributed by atoms with Gasteiger partial charge in [-0.2, -0.15) is 0 Å². The summed E-state index contributed by atoms with van der Waals surface area (Å²) in [5, 5.41) is 12.2. The Morgan fingerprint density at radius 3 is 2.63 bits per heavy atom. The quantitative estimate of drug-likeness (QED) is 0.820. The van der Waals surface area contributed by atoms with Crippen molar-refractivity contribution in [1.82, 2.24) is 10.2 Å². The lowest BCUT2D eigenvalue weighted by atomic mass is 9.93. The number of nitrogens with zero attached hydrogens (tertiary/aromatic N) is 1. The first-order valence-corrected chi connectivity index (χ1v) is 7.25. The number of piperidine rings is 1. The Morgan fingerprint density at radius 1 is 1.42 bits per heavy atom. The molecule has 2 N–H and O–H groups in total. The lowest BCUT2D eigenvalue weighted by Gasteiger charge is -2.36. The largest absolute Gasteiger partial charge is 0.480 e. The number of hydrogen-bond donors (Lipinski definition) is 2. The van der Waals surface area contributed by atoms with Crippen LogP contribution in [-0.4, -0.2) is 41.1 Å². The highest BCUT2D eigenvalue weighted by molar-refractivity contribution is 5.82. The molecule has 0 spiro atoms. The molecule has 0 aromatic rings. The SMILES string of the molecule is CCC1(CNC(=O)N2CCC(C)CC2C(=O)O)CC1. The summed E-state index contributed by atoms with van der Waals surface area (Å²) in [5.74, 6) is -0.520. The second-order valence-electron chi connectivity index (χ2n) is 6.19. The fourth-order valence-corrected chi connectivity index (χ4v) is 2.82. The average Bonchev–Trinajstić information content (AvgIpc) is 3.16. The first-order valence-electron chi connectivity index (χ1n) is 7.25. The van der Waals surface area contributed by atoms with Crippen molar-refractivity contribution in [2.45, 2.75) is 52.0 Å². The van der Waals surface area contributed by atoms with Gasteiger partial charge >= 0.3 is 12.0 Å². The molecule has 2 rings (SSSR count). The van der Waals surface area contributed by atoms with Crippen molar-refractivity contribution >= 4 is 12.0 Å². The van der Waals surface area contributed by atoms with Gasteiger partial charge in [0.15, 0.2) is 0 Å². The zero-order valence-electron chi connectivity index (χ0n) is 11.8. The van der Waals surface area contributed by atoms with Gasteiger partial charge in [0.2, 0.25) is 0 Å². The van der Waals surface area contributed by atoms with Crippen LogP contribution in [0.4, 0.5) is 4.79 Å². The summed E-state index contributed by atoms with van der Waals surface area (Å²) in [6, 6.07) is -0.875. The summed E-state index contributed by atoms with van der Waals surface area (Å²) in [7, 11) is 0. The van der Waals surface area contributed by atoms with Crippen LogP contribution in [0.25, 0.3) is 0 Å².